The van der Waals surface area contributed by atoms with Gasteiger partial charge >= 0.3 is 0 Å². The van der Waals surface area contributed by atoms with Crippen molar-refractivity contribution in [1.29, 1.82) is 0 Å². The Morgan fingerprint density at radius 3 is 2.85 bits per heavy atom. The number of ether oxygens (including phenoxy) is 1. The first-order chi connectivity index (χ1) is 6.27. The van der Waals surface area contributed by atoms with Crippen molar-refractivity contribution in [3.63, 3.8) is 0 Å². The third-order valence-electron chi connectivity index (χ3n) is 2.94. The van der Waals surface area contributed by atoms with E-state index in [1.165, 1.54) is 32.1 Å². The molecule has 1 rings (SSSR count). The van der Waals surface area contributed by atoms with Crippen LogP contribution < -0.4 is 0 Å². The van der Waals surface area contributed by atoms with E-state index in [1.54, 1.807) is 0 Å². The average Bonchev–Trinajstić information content (AvgIpc) is 2.18. The van der Waals surface area contributed by atoms with Gasteiger partial charge in [-0.1, -0.05) is 36.2 Å². The number of rotatable bonds is 4. The quantitative estimate of drug-likeness (QED) is 0.689. The van der Waals surface area contributed by atoms with Crippen LogP contribution in [-0.2, 0) is 4.74 Å². The Morgan fingerprint density at radius 1 is 1.46 bits per heavy atom. The molecule has 0 aliphatic carbocycles. The Balaban J connectivity index is 2.32. The normalized spacial score (nSPS) is 31.6. The minimum absolute atomic E-state index is 0.524. The minimum atomic E-state index is 0.524. The van der Waals surface area contributed by atoms with Crippen LogP contribution in [0.15, 0.2) is 0 Å². The van der Waals surface area contributed by atoms with Gasteiger partial charge in [0, 0.05) is 11.4 Å². The molecule has 1 saturated heterocycles. The van der Waals surface area contributed by atoms with Crippen molar-refractivity contribution in [2.45, 2.75) is 56.9 Å². The molecule has 1 nitrogen and oxygen atoms in total. The van der Waals surface area contributed by atoms with Gasteiger partial charge in [0.2, 0.25) is 0 Å². The zero-order valence-electron chi connectivity index (χ0n) is 8.76. The van der Waals surface area contributed by atoms with Gasteiger partial charge in [0.25, 0.3) is 0 Å². The van der Waals surface area contributed by atoms with Crippen LogP contribution in [-0.4, -0.2) is 17.5 Å². The Bertz CT molecular complexity index is 138. The highest BCUT2D eigenvalue weighted by atomic mass is 79.9. The van der Waals surface area contributed by atoms with E-state index in [2.05, 4.69) is 29.8 Å². The van der Waals surface area contributed by atoms with E-state index in [9.17, 15) is 0 Å². The van der Waals surface area contributed by atoms with Gasteiger partial charge in [-0.05, 0) is 31.6 Å². The molecule has 1 aliphatic rings. The Kier molecular flexibility index (Phi) is 5.34. The largest absolute Gasteiger partial charge is 0.378 e. The molecule has 0 saturated carbocycles. The van der Waals surface area contributed by atoms with Crippen molar-refractivity contribution in [2.75, 3.05) is 6.61 Å². The predicted octanol–water partition coefficient (Wildman–Crippen LogP) is 3.76. The number of hydrogen-bond donors (Lipinski definition) is 0. The maximum absolute atomic E-state index is 5.66. The molecule has 13 heavy (non-hydrogen) atoms. The smallest absolute Gasteiger partial charge is 0.0575 e. The summed E-state index contributed by atoms with van der Waals surface area (Å²) in [5.41, 5.74) is 0. The average molecular weight is 249 g/mol. The van der Waals surface area contributed by atoms with E-state index in [4.69, 9.17) is 4.74 Å². The van der Waals surface area contributed by atoms with Crippen LogP contribution in [0.4, 0.5) is 0 Å². The lowest BCUT2D eigenvalue weighted by Gasteiger charge is -2.31. The lowest BCUT2D eigenvalue weighted by molar-refractivity contribution is -0.0107. The summed E-state index contributed by atoms with van der Waals surface area (Å²) in [5, 5.41) is 0. The molecule has 2 heteroatoms. The van der Waals surface area contributed by atoms with Gasteiger partial charge in [0.1, 0.15) is 0 Å². The maximum Gasteiger partial charge on any atom is 0.0575 e. The van der Waals surface area contributed by atoms with Crippen LogP contribution in [0.1, 0.15) is 46.0 Å². The first-order valence-corrected chi connectivity index (χ1v) is 6.45. The highest BCUT2D eigenvalue weighted by Gasteiger charge is 2.25. The van der Waals surface area contributed by atoms with Gasteiger partial charge in [-0.25, -0.2) is 0 Å². The summed E-state index contributed by atoms with van der Waals surface area (Å²) in [5.74, 6) is 0.846. The highest BCUT2D eigenvalue weighted by Crippen LogP contribution is 2.30. The monoisotopic (exact) mass is 248 g/mol. The number of alkyl halides is 1. The summed E-state index contributed by atoms with van der Waals surface area (Å²) in [7, 11) is 0. The molecule has 1 aliphatic heterocycles. The second kappa shape index (κ2) is 6.02. The predicted molar refractivity (Wildman–Crippen MR) is 60.4 cm³/mol. The molecule has 0 bridgehead atoms. The Morgan fingerprint density at radius 2 is 2.23 bits per heavy atom. The number of hydrogen-bond acceptors (Lipinski definition) is 1. The van der Waals surface area contributed by atoms with Gasteiger partial charge in [0.15, 0.2) is 0 Å². The molecule has 0 aromatic carbocycles. The molecule has 0 N–H and O–H groups in total. The third kappa shape index (κ3) is 3.59. The standard InChI is InChI=1S/C11H21BrO/c1-3-5-11(12)9-6-7-13-10(4-2)8-9/h9-11H,3-8H2,1-2H3. The van der Waals surface area contributed by atoms with Crippen LogP contribution in [0.5, 0.6) is 0 Å². The molecule has 0 aromatic rings. The SMILES string of the molecule is CCCC(Br)C1CCOC(CC)C1. The molecule has 0 aromatic heterocycles. The molecular weight excluding hydrogens is 228 g/mol. The Labute approximate surface area is 90.4 Å². The molecule has 3 unspecified atom stereocenters. The summed E-state index contributed by atoms with van der Waals surface area (Å²) in [6.45, 7) is 5.44. The molecule has 1 heterocycles. The van der Waals surface area contributed by atoms with Crippen molar-refractivity contribution in [2.24, 2.45) is 5.92 Å². The van der Waals surface area contributed by atoms with Crippen LogP contribution in [0.25, 0.3) is 0 Å². The fourth-order valence-electron chi connectivity index (χ4n) is 2.03. The topological polar surface area (TPSA) is 9.23 Å². The highest BCUT2D eigenvalue weighted by molar-refractivity contribution is 9.09. The summed E-state index contributed by atoms with van der Waals surface area (Å²) in [6.07, 6.45) is 6.78. The molecule has 1 fully saturated rings. The molecular formula is C11H21BrO. The molecule has 0 spiro atoms. The van der Waals surface area contributed by atoms with E-state index in [-0.39, 0.29) is 0 Å². The first-order valence-electron chi connectivity index (χ1n) is 5.53. The van der Waals surface area contributed by atoms with E-state index >= 15 is 0 Å². The summed E-state index contributed by atoms with van der Waals surface area (Å²) in [6, 6.07) is 0. The summed E-state index contributed by atoms with van der Waals surface area (Å²) >= 11 is 3.80. The van der Waals surface area contributed by atoms with Crippen molar-refractivity contribution in [1.82, 2.24) is 0 Å². The fourth-order valence-corrected chi connectivity index (χ4v) is 2.97. The summed E-state index contributed by atoms with van der Waals surface area (Å²) in [4.78, 5) is 0.718. The first kappa shape index (κ1) is 11.5. The Hall–Kier alpha value is 0.440. The van der Waals surface area contributed by atoms with Crippen LogP contribution in [0, 0.1) is 5.92 Å². The van der Waals surface area contributed by atoms with Crippen LogP contribution in [0.3, 0.4) is 0 Å². The van der Waals surface area contributed by atoms with Crippen LogP contribution in [0.2, 0.25) is 0 Å². The molecule has 0 radical (unpaired) electrons. The maximum atomic E-state index is 5.66. The van der Waals surface area contributed by atoms with Crippen molar-refractivity contribution < 1.29 is 4.74 Å². The second-order valence-electron chi connectivity index (χ2n) is 3.99. The van der Waals surface area contributed by atoms with Crippen LogP contribution >= 0.6 is 15.9 Å². The van der Waals surface area contributed by atoms with E-state index < -0.39 is 0 Å². The van der Waals surface area contributed by atoms with Crippen molar-refractivity contribution in [3.8, 4) is 0 Å². The lowest BCUT2D eigenvalue weighted by atomic mass is 9.90. The van der Waals surface area contributed by atoms with E-state index in [0.717, 1.165) is 17.4 Å². The zero-order valence-corrected chi connectivity index (χ0v) is 10.3. The van der Waals surface area contributed by atoms with Crippen molar-refractivity contribution in [3.05, 3.63) is 0 Å². The van der Waals surface area contributed by atoms with Gasteiger partial charge in [0.05, 0.1) is 6.10 Å². The van der Waals surface area contributed by atoms with Gasteiger partial charge in [-0.2, -0.15) is 0 Å². The number of halogens is 1. The van der Waals surface area contributed by atoms with Gasteiger partial charge in [-0.3, -0.25) is 0 Å². The fraction of sp³-hybridized carbons (Fsp3) is 1.00. The zero-order chi connectivity index (χ0) is 9.68. The minimum Gasteiger partial charge on any atom is -0.378 e. The third-order valence-corrected chi connectivity index (χ3v) is 4.14. The molecule has 3 atom stereocenters. The van der Waals surface area contributed by atoms with Crippen molar-refractivity contribution >= 4 is 15.9 Å². The lowest BCUT2D eigenvalue weighted by Crippen LogP contribution is -2.29. The van der Waals surface area contributed by atoms with E-state index in [1.807, 2.05) is 0 Å². The molecule has 0 amide bonds. The van der Waals surface area contributed by atoms with Gasteiger partial charge < -0.3 is 4.74 Å². The summed E-state index contributed by atoms with van der Waals surface area (Å²) < 4.78 is 5.66. The van der Waals surface area contributed by atoms with Gasteiger partial charge in [-0.15, -0.1) is 0 Å². The second-order valence-corrected chi connectivity index (χ2v) is 5.17. The van der Waals surface area contributed by atoms with E-state index in [0.29, 0.717) is 6.10 Å². The molecule has 78 valence electrons.